The maximum atomic E-state index is 6.15. The minimum Gasteiger partial charge on any atom is -0.373 e. The molecule has 2 fully saturated rings. The molecule has 0 spiro atoms. The molecule has 1 aromatic rings. The van der Waals surface area contributed by atoms with E-state index in [0.717, 1.165) is 64.8 Å². The number of fused-ring (bicyclic) bond motifs is 1. The fourth-order valence-electron chi connectivity index (χ4n) is 4.29. The molecule has 0 bridgehead atoms. The number of benzene rings is 1. The Hall–Kier alpha value is -1.63. The molecule has 6 heteroatoms. The van der Waals surface area contributed by atoms with E-state index in [1.54, 1.807) is 0 Å². The normalized spacial score (nSPS) is 22.7. The standard InChI is InChI=1S/C24H41N5O/c1-5-25-24(26-13-9-10-14-27(4)20(2)3)29-18-22-23(19-29)30-16-15-28(22)17-21-11-7-6-8-12-21/h6-8,11-12,20,22-23H,5,9-10,13-19H2,1-4H3,(H,25,26). The molecule has 6 nitrogen and oxygen atoms in total. The highest BCUT2D eigenvalue weighted by Crippen LogP contribution is 2.24. The van der Waals surface area contributed by atoms with Crippen LogP contribution < -0.4 is 5.32 Å². The zero-order valence-electron chi connectivity index (χ0n) is 19.4. The van der Waals surface area contributed by atoms with Gasteiger partial charge in [0.05, 0.1) is 18.8 Å². The van der Waals surface area contributed by atoms with Crippen molar-refractivity contribution in [2.75, 3.05) is 52.9 Å². The van der Waals surface area contributed by atoms with Crippen LogP contribution in [-0.2, 0) is 11.3 Å². The van der Waals surface area contributed by atoms with Gasteiger partial charge in [-0.1, -0.05) is 30.3 Å². The summed E-state index contributed by atoms with van der Waals surface area (Å²) < 4.78 is 6.15. The van der Waals surface area contributed by atoms with Crippen LogP contribution >= 0.6 is 0 Å². The predicted molar refractivity (Wildman–Crippen MR) is 125 cm³/mol. The molecule has 2 atom stereocenters. The third-order valence-electron chi connectivity index (χ3n) is 6.34. The van der Waals surface area contributed by atoms with Crippen molar-refractivity contribution < 1.29 is 4.74 Å². The Labute approximate surface area is 183 Å². The summed E-state index contributed by atoms with van der Waals surface area (Å²) in [5, 5.41) is 3.51. The number of morpholine rings is 1. The number of hydrogen-bond acceptors (Lipinski definition) is 4. The first-order valence-electron chi connectivity index (χ1n) is 11.7. The minimum absolute atomic E-state index is 0.269. The first-order chi connectivity index (χ1) is 14.6. The number of hydrogen-bond donors (Lipinski definition) is 1. The van der Waals surface area contributed by atoms with Gasteiger partial charge in [0.1, 0.15) is 0 Å². The summed E-state index contributed by atoms with van der Waals surface area (Å²) in [7, 11) is 2.20. The molecule has 1 N–H and O–H groups in total. The monoisotopic (exact) mass is 415 g/mol. The largest absolute Gasteiger partial charge is 0.373 e. The van der Waals surface area contributed by atoms with Crippen molar-refractivity contribution in [3.8, 4) is 0 Å². The Morgan fingerprint density at radius 2 is 2.03 bits per heavy atom. The van der Waals surface area contributed by atoms with Crippen LogP contribution in [0.25, 0.3) is 0 Å². The van der Waals surface area contributed by atoms with Crippen LogP contribution in [-0.4, -0.2) is 91.8 Å². The van der Waals surface area contributed by atoms with E-state index < -0.39 is 0 Å². The second-order valence-corrected chi connectivity index (χ2v) is 8.85. The van der Waals surface area contributed by atoms with E-state index in [2.05, 4.69) is 78.2 Å². The third kappa shape index (κ3) is 6.43. The highest BCUT2D eigenvalue weighted by Gasteiger charge is 2.41. The highest BCUT2D eigenvalue weighted by atomic mass is 16.5. The molecule has 2 aliphatic rings. The zero-order valence-corrected chi connectivity index (χ0v) is 19.4. The lowest BCUT2D eigenvalue weighted by molar-refractivity contribution is -0.0502. The van der Waals surface area contributed by atoms with Crippen LogP contribution in [0, 0.1) is 0 Å². The second kappa shape index (κ2) is 11.7. The molecule has 168 valence electrons. The summed E-state index contributed by atoms with van der Waals surface area (Å²) in [5.41, 5.74) is 1.38. The summed E-state index contributed by atoms with van der Waals surface area (Å²) in [6.45, 7) is 14.3. The van der Waals surface area contributed by atoms with Crippen LogP contribution in [0.1, 0.15) is 39.2 Å². The third-order valence-corrected chi connectivity index (χ3v) is 6.34. The minimum atomic E-state index is 0.269. The molecule has 2 aliphatic heterocycles. The molecule has 2 saturated heterocycles. The number of ether oxygens (including phenoxy) is 1. The van der Waals surface area contributed by atoms with Gasteiger partial charge in [0.25, 0.3) is 0 Å². The topological polar surface area (TPSA) is 43.3 Å². The molecule has 0 aromatic heterocycles. The van der Waals surface area contributed by atoms with Crippen LogP contribution in [0.5, 0.6) is 0 Å². The van der Waals surface area contributed by atoms with Gasteiger partial charge in [0.2, 0.25) is 0 Å². The smallest absolute Gasteiger partial charge is 0.194 e. The Balaban J connectivity index is 1.54. The Morgan fingerprint density at radius 1 is 1.23 bits per heavy atom. The van der Waals surface area contributed by atoms with Crippen LogP contribution in [0.3, 0.4) is 0 Å². The van der Waals surface area contributed by atoms with E-state index in [4.69, 9.17) is 9.73 Å². The first-order valence-corrected chi connectivity index (χ1v) is 11.7. The van der Waals surface area contributed by atoms with Crippen molar-refractivity contribution in [2.45, 2.75) is 58.3 Å². The van der Waals surface area contributed by atoms with Crippen molar-refractivity contribution in [3.63, 3.8) is 0 Å². The lowest BCUT2D eigenvalue weighted by Gasteiger charge is -2.36. The van der Waals surface area contributed by atoms with Gasteiger partial charge in [0, 0.05) is 45.3 Å². The molecule has 0 aliphatic carbocycles. The first kappa shape index (κ1) is 23.0. The molecule has 2 unspecified atom stereocenters. The quantitative estimate of drug-likeness (QED) is 0.382. The lowest BCUT2D eigenvalue weighted by Crippen LogP contribution is -2.50. The van der Waals surface area contributed by atoms with E-state index in [0.29, 0.717) is 12.1 Å². The molecule has 1 aromatic carbocycles. The number of likely N-dealkylation sites (tertiary alicyclic amines) is 1. The van der Waals surface area contributed by atoms with Crippen molar-refractivity contribution in [1.82, 2.24) is 20.0 Å². The van der Waals surface area contributed by atoms with Crippen molar-refractivity contribution in [3.05, 3.63) is 35.9 Å². The number of guanidine groups is 1. The van der Waals surface area contributed by atoms with Gasteiger partial charge in [-0.05, 0) is 52.8 Å². The fourth-order valence-corrected chi connectivity index (χ4v) is 4.29. The van der Waals surface area contributed by atoms with E-state index >= 15 is 0 Å². The lowest BCUT2D eigenvalue weighted by atomic mass is 10.1. The number of rotatable bonds is 9. The Morgan fingerprint density at radius 3 is 2.77 bits per heavy atom. The van der Waals surface area contributed by atoms with Crippen molar-refractivity contribution >= 4 is 5.96 Å². The number of aliphatic imine (C=N–C) groups is 1. The van der Waals surface area contributed by atoms with Gasteiger partial charge in [-0.15, -0.1) is 0 Å². The van der Waals surface area contributed by atoms with Gasteiger partial charge in [-0.2, -0.15) is 0 Å². The van der Waals surface area contributed by atoms with E-state index in [-0.39, 0.29) is 6.10 Å². The fraction of sp³-hybridized carbons (Fsp3) is 0.708. The van der Waals surface area contributed by atoms with Gasteiger partial charge in [-0.25, -0.2) is 0 Å². The van der Waals surface area contributed by atoms with Gasteiger partial charge < -0.3 is 19.9 Å². The highest BCUT2D eigenvalue weighted by molar-refractivity contribution is 5.80. The zero-order chi connectivity index (χ0) is 21.3. The van der Waals surface area contributed by atoms with E-state index in [9.17, 15) is 0 Å². The van der Waals surface area contributed by atoms with Crippen molar-refractivity contribution in [2.24, 2.45) is 4.99 Å². The van der Waals surface area contributed by atoms with Gasteiger partial charge >= 0.3 is 0 Å². The summed E-state index contributed by atoms with van der Waals surface area (Å²) in [6, 6.07) is 11.8. The maximum Gasteiger partial charge on any atom is 0.194 e. The molecule has 3 rings (SSSR count). The van der Waals surface area contributed by atoms with Crippen LogP contribution in [0.4, 0.5) is 0 Å². The van der Waals surface area contributed by atoms with Crippen LogP contribution in [0.15, 0.2) is 35.3 Å². The summed E-state index contributed by atoms with van der Waals surface area (Å²) in [4.78, 5) is 12.3. The molecular weight excluding hydrogens is 374 g/mol. The van der Waals surface area contributed by atoms with E-state index in [1.807, 2.05) is 0 Å². The Bertz CT molecular complexity index is 650. The molecular formula is C24H41N5O. The molecule has 30 heavy (non-hydrogen) atoms. The second-order valence-electron chi connectivity index (χ2n) is 8.85. The average Bonchev–Trinajstić information content (AvgIpc) is 3.18. The number of nitrogens with zero attached hydrogens (tertiary/aromatic N) is 4. The van der Waals surface area contributed by atoms with Gasteiger partial charge in [0.15, 0.2) is 5.96 Å². The summed E-state index contributed by atoms with van der Waals surface area (Å²) >= 11 is 0. The molecule has 0 radical (unpaired) electrons. The number of nitrogens with one attached hydrogen (secondary N) is 1. The Kier molecular flexibility index (Phi) is 8.97. The maximum absolute atomic E-state index is 6.15. The van der Waals surface area contributed by atoms with Crippen LogP contribution in [0.2, 0.25) is 0 Å². The van der Waals surface area contributed by atoms with Crippen molar-refractivity contribution in [1.29, 1.82) is 0 Å². The summed E-state index contributed by atoms with van der Waals surface area (Å²) in [6.07, 6.45) is 2.59. The number of unbranched alkanes of at least 4 members (excludes halogenated alkanes) is 1. The van der Waals surface area contributed by atoms with Gasteiger partial charge in [-0.3, -0.25) is 9.89 Å². The molecule has 2 heterocycles. The average molecular weight is 416 g/mol. The predicted octanol–water partition coefficient (Wildman–Crippen LogP) is 2.66. The molecule has 0 amide bonds. The SMILES string of the molecule is CCNC(=NCCCCN(C)C(C)C)N1CC2OCCN(Cc3ccccc3)C2C1. The molecule has 0 saturated carbocycles. The summed E-state index contributed by atoms with van der Waals surface area (Å²) in [5.74, 6) is 1.05. The van der Waals surface area contributed by atoms with E-state index in [1.165, 1.54) is 12.0 Å².